The van der Waals surface area contributed by atoms with E-state index in [2.05, 4.69) is 0 Å². The fourth-order valence-electron chi connectivity index (χ4n) is 4.73. The van der Waals surface area contributed by atoms with Gasteiger partial charge in [0.2, 0.25) is 0 Å². The lowest BCUT2D eigenvalue weighted by atomic mass is 9.86. The number of para-hydroxylation sites is 1. The van der Waals surface area contributed by atoms with E-state index in [1.807, 2.05) is 30.3 Å². The van der Waals surface area contributed by atoms with Gasteiger partial charge in [-0.15, -0.1) is 0 Å². The molecule has 2 aromatic carbocycles. The summed E-state index contributed by atoms with van der Waals surface area (Å²) in [6, 6.07) is 13.9. The molecule has 0 aliphatic heterocycles. The summed E-state index contributed by atoms with van der Waals surface area (Å²) in [6.07, 6.45) is 6.59. The number of allylic oxidation sites excluding steroid dienone is 1. The molecule has 1 fully saturated rings. The van der Waals surface area contributed by atoms with E-state index in [0.717, 1.165) is 65.4 Å². The van der Waals surface area contributed by atoms with E-state index in [1.54, 1.807) is 12.1 Å². The number of benzene rings is 2. The van der Waals surface area contributed by atoms with E-state index in [4.69, 9.17) is 9.72 Å². The highest BCUT2D eigenvalue weighted by Crippen LogP contribution is 2.37. The van der Waals surface area contributed by atoms with Crippen molar-refractivity contribution in [2.45, 2.75) is 51.0 Å². The number of nitrogens with zero attached hydrogens (tertiary/aromatic N) is 1. The molecule has 32 heavy (non-hydrogen) atoms. The third kappa shape index (κ3) is 3.95. The first-order valence-electron chi connectivity index (χ1n) is 11.2. The maximum Gasteiger partial charge on any atom is 0.339 e. The average Bonchev–Trinajstić information content (AvgIpc) is 2.81. The first kappa shape index (κ1) is 20.6. The quantitative estimate of drug-likeness (QED) is 0.485. The van der Waals surface area contributed by atoms with Gasteiger partial charge in [-0.2, -0.15) is 0 Å². The van der Waals surface area contributed by atoms with Gasteiger partial charge in [-0.1, -0.05) is 30.3 Å². The summed E-state index contributed by atoms with van der Waals surface area (Å²) >= 11 is 0. The number of hydrogen-bond donors (Lipinski definition) is 0. The van der Waals surface area contributed by atoms with Crippen LogP contribution < -0.4 is 0 Å². The number of halogens is 1. The second kappa shape index (κ2) is 8.65. The van der Waals surface area contributed by atoms with Crippen LogP contribution in [0.25, 0.3) is 22.6 Å². The molecule has 0 N–H and O–H groups in total. The molecule has 1 unspecified atom stereocenters. The molecule has 0 bridgehead atoms. The summed E-state index contributed by atoms with van der Waals surface area (Å²) in [5.74, 6) is -0.709. The van der Waals surface area contributed by atoms with Gasteiger partial charge < -0.3 is 4.74 Å². The van der Waals surface area contributed by atoms with Gasteiger partial charge in [-0.3, -0.25) is 4.79 Å². The Balaban J connectivity index is 1.61. The van der Waals surface area contributed by atoms with Crippen LogP contribution in [0.1, 0.15) is 65.7 Å². The Morgan fingerprint density at radius 2 is 1.81 bits per heavy atom. The lowest BCUT2D eigenvalue weighted by molar-refractivity contribution is -0.129. The highest BCUT2D eigenvalue weighted by atomic mass is 19.1. The minimum absolute atomic E-state index is 0.00808. The normalized spacial score (nSPS) is 19.7. The molecule has 162 valence electrons. The smallest absolute Gasteiger partial charge is 0.339 e. The highest BCUT2D eigenvalue weighted by molar-refractivity contribution is 6.07. The van der Waals surface area contributed by atoms with Crippen molar-refractivity contribution >= 4 is 34.3 Å². The summed E-state index contributed by atoms with van der Waals surface area (Å²) in [7, 11) is 0. The van der Waals surface area contributed by atoms with Gasteiger partial charge >= 0.3 is 5.97 Å². The van der Waals surface area contributed by atoms with Crippen molar-refractivity contribution in [2.75, 3.05) is 0 Å². The molecule has 1 aromatic heterocycles. The van der Waals surface area contributed by atoms with Gasteiger partial charge in [0.1, 0.15) is 5.82 Å². The summed E-state index contributed by atoms with van der Waals surface area (Å²) in [5.41, 5.74) is 4.82. The predicted molar refractivity (Wildman–Crippen MR) is 122 cm³/mol. The summed E-state index contributed by atoms with van der Waals surface area (Å²) in [5, 5.41) is 0.752. The maximum absolute atomic E-state index is 13.4. The monoisotopic (exact) mass is 429 g/mol. The van der Waals surface area contributed by atoms with Crippen LogP contribution in [0.2, 0.25) is 0 Å². The van der Waals surface area contributed by atoms with Crippen molar-refractivity contribution in [3.05, 3.63) is 76.7 Å². The zero-order valence-electron chi connectivity index (χ0n) is 17.8. The Bertz CT molecular complexity index is 1230. The van der Waals surface area contributed by atoms with Crippen molar-refractivity contribution in [1.82, 2.24) is 4.98 Å². The van der Waals surface area contributed by atoms with Crippen molar-refractivity contribution < 1.29 is 18.7 Å². The van der Waals surface area contributed by atoms with Crippen LogP contribution in [0.3, 0.4) is 0 Å². The number of fused-ring (bicyclic) bond motifs is 2. The lowest BCUT2D eigenvalue weighted by Crippen LogP contribution is -2.30. The Hall–Kier alpha value is -3.34. The van der Waals surface area contributed by atoms with Crippen molar-refractivity contribution in [2.24, 2.45) is 0 Å². The topological polar surface area (TPSA) is 56.3 Å². The number of esters is 1. The molecule has 2 aliphatic rings. The molecule has 1 saturated carbocycles. The van der Waals surface area contributed by atoms with Gasteiger partial charge in [0.25, 0.3) is 0 Å². The van der Waals surface area contributed by atoms with Crippen LogP contribution >= 0.6 is 0 Å². The Labute approximate surface area is 186 Å². The van der Waals surface area contributed by atoms with Crippen LogP contribution in [0.5, 0.6) is 0 Å². The van der Waals surface area contributed by atoms with Crippen LogP contribution in [-0.2, 0) is 16.0 Å². The second-order valence-corrected chi connectivity index (χ2v) is 8.51. The van der Waals surface area contributed by atoms with Crippen molar-refractivity contribution in [3.8, 4) is 0 Å². The number of aromatic nitrogens is 1. The molecule has 0 radical (unpaired) electrons. The zero-order valence-corrected chi connectivity index (χ0v) is 17.8. The molecule has 0 spiro atoms. The largest absolute Gasteiger partial charge is 0.451 e. The predicted octanol–water partition coefficient (Wildman–Crippen LogP) is 5.92. The summed E-state index contributed by atoms with van der Waals surface area (Å²) in [6.45, 7) is 0. The van der Waals surface area contributed by atoms with Crippen LogP contribution in [0.4, 0.5) is 4.39 Å². The fraction of sp³-hybridized carbons (Fsp3) is 0.296. The van der Waals surface area contributed by atoms with E-state index < -0.39 is 12.1 Å². The Morgan fingerprint density at radius 3 is 2.62 bits per heavy atom. The van der Waals surface area contributed by atoms with Gasteiger partial charge in [0.05, 0.1) is 16.8 Å². The molecule has 4 nitrogen and oxygen atoms in total. The molecular weight excluding hydrogens is 405 g/mol. The second-order valence-electron chi connectivity index (χ2n) is 8.51. The first-order chi connectivity index (χ1) is 15.6. The van der Waals surface area contributed by atoms with E-state index in [9.17, 15) is 14.0 Å². The maximum atomic E-state index is 13.4. The zero-order chi connectivity index (χ0) is 22.1. The van der Waals surface area contributed by atoms with Crippen LogP contribution in [0.15, 0.2) is 48.5 Å². The molecule has 5 rings (SSSR count). The van der Waals surface area contributed by atoms with E-state index in [1.165, 1.54) is 12.1 Å². The van der Waals surface area contributed by atoms with Gasteiger partial charge in [-0.05, 0) is 79.5 Å². The van der Waals surface area contributed by atoms with E-state index in [-0.39, 0.29) is 11.6 Å². The molecule has 0 saturated heterocycles. The number of ketones is 1. The first-order valence-corrected chi connectivity index (χ1v) is 11.2. The Morgan fingerprint density at radius 1 is 1.00 bits per heavy atom. The minimum Gasteiger partial charge on any atom is -0.451 e. The van der Waals surface area contributed by atoms with Crippen LogP contribution in [-0.4, -0.2) is 22.8 Å². The number of rotatable bonds is 3. The molecule has 5 heteroatoms. The third-order valence-electron chi connectivity index (χ3n) is 6.33. The van der Waals surface area contributed by atoms with E-state index >= 15 is 0 Å². The molecule has 1 atom stereocenters. The standard InChI is InChI=1S/C27H24FNO3/c28-19-14-12-17(13-15-19)16-18-6-5-8-21-25(20-7-1-2-9-22(20)29-26(18)21)27(31)32-24-11-4-3-10-23(24)30/h1-2,7,9,12-16,24H,3-6,8,10-11H2. The summed E-state index contributed by atoms with van der Waals surface area (Å²) in [4.78, 5) is 30.5. The number of carbonyl (C=O) groups is 2. The minimum atomic E-state index is -0.656. The average molecular weight is 429 g/mol. The number of hydrogen-bond acceptors (Lipinski definition) is 4. The van der Waals surface area contributed by atoms with Crippen molar-refractivity contribution in [1.29, 1.82) is 0 Å². The third-order valence-corrected chi connectivity index (χ3v) is 6.33. The number of ether oxygens (including phenoxy) is 1. The van der Waals surface area contributed by atoms with Crippen molar-refractivity contribution in [3.63, 3.8) is 0 Å². The number of carbonyl (C=O) groups excluding carboxylic acids is 2. The molecule has 3 aromatic rings. The molecule has 1 heterocycles. The fourth-order valence-corrected chi connectivity index (χ4v) is 4.73. The van der Waals surface area contributed by atoms with Gasteiger partial charge in [-0.25, -0.2) is 14.2 Å². The summed E-state index contributed by atoms with van der Waals surface area (Å²) < 4.78 is 19.1. The Kier molecular flexibility index (Phi) is 5.56. The van der Waals surface area contributed by atoms with Gasteiger partial charge in [0, 0.05) is 11.8 Å². The van der Waals surface area contributed by atoms with E-state index in [0.29, 0.717) is 18.4 Å². The molecule has 2 aliphatic carbocycles. The van der Waals surface area contributed by atoms with Gasteiger partial charge in [0.15, 0.2) is 11.9 Å². The highest BCUT2D eigenvalue weighted by Gasteiger charge is 2.30. The lowest BCUT2D eigenvalue weighted by Gasteiger charge is -2.25. The number of pyridine rings is 1. The molecule has 0 amide bonds. The number of Topliss-reactive ketones (excluding diaryl/α,β-unsaturated/α-hetero) is 1. The van der Waals surface area contributed by atoms with Crippen LogP contribution in [0, 0.1) is 5.82 Å². The SMILES string of the molecule is O=C(OC1CCCCC1=O)c1c2c(nc3ccccc13)C(=Cc1ccc(F)cc1)CCC2. The molecular formula is C27H24FNO3.